The van der Waals surface area contributed by atoms with E-state index in [-0.39, 0.29) is 0 Å². The van der Waals surface area contributed by atoms with Gasteiger partial charge in [-0.15, -0.1) is 11.3 Å². The average Bonchev–Trinajstić information content (AvgIpc) is 2.82. The van der Waals surface area contributed by atoms with Crippen molar-refractivity contribution in [1.29, 1.82) is 0 Å². The Morgan fingerprint density at radius 2 is 2.13 bits per heavy atom. The van der Waals surface area contributed by atoms with Crippen molar-refractivity contribution in [2.24, 2.45) is 0 Å². The summed E-state index contributed by atoms with van der Waals surface area (Å²) in [7, 11) is 0. The molecule has 0 spiro atoms. The van der Waals surface area contributed by atoms with Crippen LogP contribution in [-0.4, -0.2) is 10.1 Å². The first kappa shape index (κ1) is 8.43. The molecule has 0 aliphatic carbocycles. The fourth-order valence-corrected chi connectivity index (χ4v) is 2.28. The second-order valence-corrected chi connectivity index (χ2v) is 4.13. The highest BCUT2D eigenvalue weighted by molar-refractivity contribution is 7.21. The third-order valence-electron chi connectivity index (χ3n) is 2.03. The highest BCUT2D eigenvalue weighted by Crippen LogP contribution is 2.30. The number of para-hydroxylation sites is 1. The van der Waals surface area contributed by atoms with Crippen LogP contribution < -0.4 is 5.73 Å². The third kappa shape index (κ3) is 1.37. The van der Waals surface area contributed by atoms with Gasteiger partial charge in [-0.3, -0.25) is 0 Å². The minimum Gasteiger partial charge on any atom is -0.381 e. The lowest BCUT2D eigenvalue weighted by Crippen LogP contribution is -1.79. The molecule has 2 aromatic heterocycles. The Morgan fingerprint density at radius 1 is 1.27 bits per heavy atom. The van der Waals surface area contributed by atoms with E-state index >= 15 is 0 Å². The fourth-order valence-electron chi connectivity index (χ4n) is 1.37. The van der Waals surface area contributed by atoms with Crippen LogP contribution in [-0.2, 0) is 0 Å². The minimum atomic E-state index is 0.379. The van der Waals surface area contributed by atoms with E-state index in [0.717, 1.165) is 15.2 Å². The summed E-state index contributed by atoms with van der Waals surface area (Å²) in [5.41, 5.74) is 6.45. The first-order chi connectivity index (χ1) is 7.33. The summed E-state index contributed by atoms with van der Waals surface area (Å²) >= 11 is 1.56. The number of thiazole rings is 1. The lowest BCUT2D eigenvalue weighted by atomic mass is 10.3. The van der Waals surface area contributed by atoms with Crippen LogP contribution in [0.1, 0.15) is 0 Å². The summed E-state index contributed by atoms with van der Waals surface area (Å²) in [6.07, 6.45) is 0. The molecule has 0 aliphatic rings. The van der Waals surface area contributed by atoms with E-state index in [1.807, 2.05) is 24.3 Å². The summed E-state index contributed by atoms with van der Waals surface area (Å²) in [5.74, 6) is 0.998. The van der Waals surface area contributed by atoms with Gasteiger partial charge in [0.1, 0.15) is 0 Å². The van der Waals surface area contributed by atoms with Crippen molar-refractivity contribution in [2.45, 2.75) is 0 Å². The van der Waals surface area contributed by atoms with Crippen LogP contribution in [0.15, 0.2) is 34.9 Å². The van der Waals surface area contributed by atoms with Crippen molar-refractivity contribution in [3.8, 4) is 10.8 Å². The smallest absolute Gasteiger partial charge is 0.197 e. The number of hydrogen-bond donors (Lipinski definition) is 1. The standard InChI is InChI=1S/C10H7N3OS/c11-9-5-7(14-13-9)10-12-6-3-1-2-4-8(6)15-10/h1-5H,(H2,11,13). The molecule has 0 fully saturated rings. The van der Waals surface area contributed by atoms with Gasteiger partial charge < -0.3 is 10.3 Å². The second kappa shape index (κ2) is 3.06. The molecule has 0 atom stereocenters. The Morgan fingerprint density at radius 3 is 2.87 bits per heavy atom. The van der Waals surface area contributed by atoms with Crippen molar-refractivity contribution in [3.05, 3.63) is 30.3 Å². The van der Waals surface area contributed by atoms with Gasteiger partial charge in [-0.1, -0.05) is 17.3 Å². The molecule has 4 nitrogen and oxygen atoms in total. The predicted octanol–water partition coefficient (Wildman–Crippen LogP) is 2.53. The molecule has 74 valence electrons. The number of rotatable bonds is 1. The number of nitrogens with two attached hydrogens (primary N) is 1. The maximum Gasteiger partial charge on any atom is 0.197 e. The normalized spacial score (nSPS) is 10.9. The molecule has 0 saturated heterocycles. The molecule has 0 aliphatic heterocycles. The first-order valence-electron chi connectivity index (χ1n) is 4.41. The van der Waals surface area contributed by atoms with Crippen molar-refractivity contribution in [1.82, 2.24) is 10.1 Å². The van der Waals surface area contributed by atoms with Gasteiger partial charge in [-0.2, -0.15) is 0 Å². The Bertz CT molecular complexity index is 581. The number of anilines is 1. The number of nitrogen functional groups attached to an aromatic ring is 1. The first-order valence-corrected chi connectivity index (χ1v) is 5.23. The van der Waals surface area contributed by atoms with Crippen LogP contribution in [0.5, 0.6) is 0 Å². The van der Waals surface area contributed by atoms with Crippen molar-refractivity contribution in [2.75, 3.05) is 5.73 Å². The lowest BCUT2D eigenvalue weighted by Gasteiger charge is -1.81. The molecular weight excluding hydrogens is 210 g/mol. The van der Waals surface area contributed by atoms with Gasteiger partial charge in [-0.25, -0.2) is 4.98 Å². The van der Waals surface area contributed by atoms with Crippen LogP contribution in [0.4, 0.5) is 5.82 Å². The minimum absolute atomic E-state index is 0.379. The quantitative estimate of drug-likeness (QED) is 0.680. The SMILES string of the molecule is Nc1cc(-c2nc3ccccc3s2)on1. The van der Waals surface area contributed by atoms with Gasteiger partial charge in [0.05, 0.1) is 10.2 Å². The maximum atomic E-state index is 5.48. The topological polar surface area (TPSA) is 64.9 Å². The Kier molecular flexibility index (Phi) is 1.72. The van der Waals surface area contributed by atoms with E-state index in [1.54, 1.807) is 17.4 Å². The molecule has 0 bridgehead atoms. The number of fused-ring (bicyclic) bond motifs is 1. The van der Waals surface area contributed by atoms with Crippen LogP contribution in [0.25, 0.3) is 21.0 Å². The Labute approximate surface area is 89.3 Å². The van der Waals surface area contributed by atoms with E-state index < -0.39 is 0 Å². The van der Waals surface area contributed by atoms with E-state index in [2.05, 4.69) is 10.1 Å². The van der Waals surface area contributed by atoms with E-state index in [9.17, 15) is 0 Å². The largest absolute Gasteiger partial charge is 0.381 e. The summed E-state index contributed by atoms with van der Waals surface area (Å²) < 4.78 is 6.18. The molecule has 3 rings (SSSR count). The van der Waals surface area contributed by atoms with E-state index in [4.69, 9.17) is 10.3 Å². The number of nitrogens with zero attached hydrogens (tertiary/aromatic N) is 2. The van der Waals surface area contributed by atoms with Crippen LogP contribution >= 0.6 is 11.3 Å². The summed E-state index contributed by atoms with van der Waals surface area (Å²) in [6.45, 7) is 0. The molecule has 3 aromatic rings. The zero-order chi connectivity index (χ0) is 10.3. The van der Waals surface area contributed by atoms with Gasteiger partial charge in [0.15, 0.2) is 16.6 Å². The number of benzene rings is 1. The van der Waals surface area contributed by atoms with Gasteiger partial charge in [-0.05, 0) is 12.1 Å². The van der Waals surface area contributed by atoms with Crippen molar-refractivity contribution >= 4 is 27.4 Å². The van der Waals surface area contributed by atoms with Crippen molar-refractivity contribution in [3.63, 3.8) is 0 Å². The average molecular weight is 217 g/mol. The van der Waals surface area contributed by atoms with Gasteiger partial charge in [0.2, 0.25) is 0 Å². The highest BCUT2D eigenvalue weighted by Gasteiger charge is 2.10. The van der Waals surface area contributed by atoms with Gasteiger partial charge in [0, 0.05) is 6.07 Å². The molecule has 2 N–H and O–H groups in total. The van der Waals surface area contributed by atoms with Gasteiger partial charge in [0.25, 0.3) is 0 Å². The molecular formula is C10H7N3OS. The molecule has 2 heterocycles. The molecule has 0 saturated carbocycles. The summed E-state index contributed by atoms with van der Waals surface area (Å²) in [5, 5.41) is 4.44. The third-order valence-corrected chi connectivity index (χ3v) is 3.08. The number of hydrogen-bond acceptors (Lipinski definition) is 5. The predicted molar refractivity (Wildman–Crippen MR) is 59.5 cm³/mol. The monoisotopic (exact) mass is 217 g/mol. The summed E-state index contributed by atoms with van der Waals surface area (Å²) in [4.78, 5) is 4.43. The molecule has 5 heteroatoms. The van der Waals surface area contributed by atoms with Crippen LogP contribution in [0, 0.1) is 0 Å². The molecule has 0 unspecified atom stereocenters. The van der Waals surface area contributed by atoms with Crippen molar-refractivity contribution < 1.29 is 4.52 Å². The van der Waals surface area contributed by atoms with Crippen LogP contribution in [0.3, 0.4) is 0 Å². The molecule has 0 amide bonds. The van der Waals surface area contributed by atoms with Crippen LogP contribution in [0.2, 0.25) is 0 Å². The van der Waals surface area contributed by atoms with E-state index in [1.165, 1.54) is 0 Å². The fraction of sp³-hybridized carbons (Fsp3) is 0. The molecule has 1 aromatic carbocycles. The molecule has 0 radical (unpaired) electrons. The maximum absolute atomic E-state index is 5.48. The second-order valence-electron chi connectivity index (χ2n) is 3.10. The zero-order valence-electron chi connectivity index (χ0n) is 7.68. The van der Waals surface area contributed by atoms with Gasteiger partial charge >= 0.3 is 0 Å². The number of aromatic nitrogens is 2. The highest BCUT2D eigenvalue weighted by atomic mass is 32.1. The molecule has 15 heavy (non-hydrogen) atoms. The Hall–Kier alpha value is -1.88. The zero-order valence-corrected chi connectivity index (χ0v) is 8.49. The Balaban J connectivity index is 2.19. The van der Waals surface area contributed by atoms with E-state index in [0.29, 0.717) is 11.6 Å². The summed E-state index contributed by atoms with van der Waals surface area (Å²) in [6, 6.07) is 9.61. The lowest BCUT2D eigenvalue weighted by molar-refractivity contribution is 0.435.